The third kappa shape index (κ3) is 4.52. The van der Waals surface area contributed by atoms with E-state index in [2.05, 4.69) is 124 Å². The van der Waals surface area contributed by atoms with Crippen molar-refractivity contribution in [2.45, 2.75) is 66.6 Å². The Morgan fingerprint density at radius 1 is 0.690 bits per heavy atom. The van der Waals surface area contributed by atoms with E-state index in [-0.39, 0.29) is 5.41 Å². The van der Waals surface area contributed by atoms with E-state index < -0.39 is 26.5 Å². The predicted molar refractivity (Wildman–Crippen MR) is 193 cm³/mol. The Kier molecular flexibility index (Phi) is 6.62. The number of benzene rings is 4. The molecule has 6 aromatic rings. The second kappa shape index (κ2) is 9.80. The van der Waals surface area contributed by atoms with Crippen LogP contribution in [0.1, 0.15) is 31.9 Å². The maximum absolute atomic E-state index is 5.01. The zero-order chi connectivity index (χ0) is 29.6. The van der Waals surface area contributed by atoms with E-state index in [4.69, 9.17) is 4.98 Å². The van der Waals surface area contributed by atoms with Crippen LogP contribution < -0.4 is 8.79 Å². The third-order valence-electron chi connectivity index (χ3n) is 9.91. The van der Waals surface area contributed by atoms with Gasteiger partial charge in [-0.05, 0) is 10.8 Å². The number of aryl methyl sites for hydroxylation is 1. The first kappa shape index (κ1) is 28.4. The molecule has 0 fully saturated rings. The van der Waals surface area contributed by atoms with Gasteiger partial charge in [-0.2, -0.15) is 0 Å². The van der Waals surface area contributed by atoms with Gasteiger partial charge in [-0.25, -0.2) is 0 Å². The summed E-state index contributed by atoms with van der Waals surface area (Å²) in [4.78, 5) is 5.01. The monoisotopic (exact) mass is 691 g/mol. The van der Waals surface area contributed by atoms with E-state index >= 15 is 0 Å². The van der Waals surface area contributed by atoms with Crippen molar-refractivity contribution in [3.05, 3.63) is 90.1 Å². The molecule has 4 aromatic carbocycles. The number of hydrogen-bond acceptors (Lipinski definition) is 2. The summed E-state index contributed by atoms with van der Waals surface area (Å²) in [6.45, 7) is 9.27. The predicted octanol–water partition coefficient (Wildman–Crippen LogP) is 10.4. The molecule has 212 valence electrons. The number of thiophene rings is 1. The average Bonchev–Trinajstić information content (AvgIpc) is 3.34. The maximum atomic E-state index is 5.01. The van der Waals surface area contributed by atoms with Crippen LogP contribution in [0.5, 0.6) is 0 Å². The fourth-order valence-corrected chi connectivity index (χ4v) is 39.0. The fraction of sp³-hybridized carbons (Fsp3) is 0.289. The first-order valence-electron chi connectivity index (χ1n) is 15.3. The molecule has 0 aliphatic carbocycles. The van der Waals surface area contributed by atoms with Gasteiger partial charge in [0.25, 0.3) is 0 Å². The molecule has 0 bridgehead atoms. The Morgan fingerprint density at radius 2 is 1.40 bits per heavy atom. The molecule has 0 radical (unpaired) electrons. The summed E-state index contributed by atoms with van der Waals surface area (Å²) in [7, 11) is 0. The first-order valence-corrected chi connectivity index (χ1v) is 29.6. The van der Waals surface area contributed by atoms with Crippen molar-refractivity contribution in [2.75, 3.05) is 0 Å². The molecule has 0 N–H and O–H groups in total. The van der Waals surface area contributed by atoms with Crippen molar-refractivity contribution < 1.29 is 0 Å². The van der Waals surface area contributed by atoms with Crippen molar-refractivity contribution >= 4 is 77.6 Å². The molecule has 3 heterocycles. The Labute approximate surface area is 260 Å². The van der Waals surface area contributed by atoms with Crippen LogP contribution in [0.15, 0.2) is 79.0 Å². The minimum absolute atomic E-state index is 0.0427. The van der Waals surface area contributed by atoms with Crippen molar-refractivity contribution in [3.63, 3.8) is 0 Å². The summed E-state index contributed by atoms with van der Waals surface area (Å²) in [5.74, 6) is 10.5. The van der Waals surface area contributed by atoms with E-state index in [1.165, 1.54) is 69.3 Å². The molecule has 1 aliphatic rings. The SMILES string of the molecule is Cc1c(-c2cc[c]3[c](c2)[Ge]([CH3])([CH3])[CH2][CH2][Ge]3([CH3])[CH3])ccc2c1sc1c(-c3cc(C(C)(C)C)c4ccccc4c3)nccc12. The molecule has 1 aliphatic heterocycles. The number of nitrogens with zero attached hydrogens (tertiary/aromatic N) is 1. The second-order valence-corrected chi connectivity index (χ2v) is 36.0. The number of pyridine rings is 1. The number of fused-ring (bicyclic) bond motifs is 5. The average molecular weight is 689 g/mol. The van der Waals surface area contributed by atoms with Gasteiger partial charge in [0.1, 0.15) is 0 Å². The van der Waals surface area contributed by atoms with Gasteiger partial charge >= 0.3 is 206 Å². The molecule has 0 unspecified atom stereocenters. The van der Waals surface area contributed by atoms with Gasteiger partial charge < -0.3 is 0 Å². The standard InChI is InChI=1S/C38H41Ge2NS/c1-24-28(26-13-16-33-34(23-26)40(7,8)19-18-39(33,5)6)14-15-30-31-17-20-41-35(37(31)42-36(24)30)27-21-25-11-9-10-12-29(25)32(22-27)38(2,3)4/h9-17,20-23H,18-19H2,1-8H3. The summed E-state index contributed by atoms with van der Waals surface area (Å²) < 4.78 is 6.26. The fourth-order valence-electron chi connectivity index (χ4n) is 7.24. The molecular formula is C38H41Ge2NS. The summed E-state index contributed by atoms with van der Waals surface area (Å²) in [6, 6.07) is 28.1. The Morgan fingerprint density at radius 3 is 2.17 bits per heavy atom. The van der Waals surface area contributed by atoms with Crippen LogP contribution in [0.3, 0.4) is 0 Å². The van der Waals surface area contributed by atoms with Crippen LogP contribution >= 0.6 is 11.3 Å². The van der Waals surface area contributed by atoms with Crippen LogP contribution in [-0.2, 0) is 5.41 Å². The van der Waals surface area contributed by atoms with Crippen LogP contribution in [0.4, 0.5) is 0 Å². The van der Waals surface area contributed by atoms with Crippen molar-refractivity contribution in [3.8, 4) is 22.4 Å². The van der Waals surface area contributed by atoms with Crippen LogP contribution in [-0.4, -0.2) is 31.5 Å². The molecule has 0 saturated heterocycles. The van der Waals surface area contributed by atoms with E-state index in [0.717, 1.165) is 5.69 Å². The molecule has 1 nitrogen and oxygen atoms in total. The van der Waals surface area contributed by atoms with Crippen LogP contribution in [0, 0.1) is 6.92 Å². The van der Waals surface area contributed by atoms with Crippen molar-refractivity contribution in [1.29, 1.82) is 0 Å². The van der Waals surface area contributed by atoms with Crippen LogP contribution in [0.2, 0.25) is 33.5 Å². The summed E-state index contributed by atoms with van der Waals surface area (Å²) in [5, 5.41) is 8.30. The Bertz CT molecular complexity index is 2040. The Hall–Kier alpha value is -2.40. The third-order valence-corrected chi connectivity index (χ3v) is 28.8. The van der Waals surface area contributed by atoms with E-state index in [9.17, 15) is 0 Å². The molecule has 7 rings (SSSR count). The zero-order valence-electron chi connectivity index (χ0n) is 26.3. The molecule has 0 saturated carbocycles. The first-order chi connectivity index (χ1) is 19.8. The van der Waals surface area contributed by atoms with Gasteiger partial charge in [0.05, 0.1) is 0 Å². The van der Waals surface area contributed by atoms with Gasteiger partial charge in [-0.15, -0.1) is 0 Å². The molecule has 0 atom stereocenters. The number of hydrogen-bond donors (Lipinski definition) is 0. The number of rotatable bonds is 2. The molecular weight excluding hydrogens is 648 g/mol. The summed E-state index contributed by atoms with van der Waals surface area (Å²) in [6.07, 6.45) is 2.00. The molecule has 0 amide bonds. The number of aromatic nitrogens is 1. The molecule has 2 aromatic heterocycles. The topological polar surface area (TPSA) is 12.9 Å². The summed E-state index contributed by atoms with van der Waals surface area (Å²) in [5.41, 5.74) is 7.93. The van der Waals surface area contributed by atoms with Gasteiger partial charge in [-0.1, -0.05) is 45.0 Å². The molecule has 42 heavy (non-hydrogen) atoms. The van der Waals surface area contributed by atoms with Crippen LogP contribution in [0.25, 0.3) is 53.3 Å². The van der Waals surface area contributed by atoms with Gasteiger partial charge in [0.15, 0.2) is 0 Å². The van der Waals surface area contributed by atoms with Gasteiger partial charge in [0, 0.05) is 0 Å². The van der Waals surface area contributed by atoms with E-state index in [0.29, 0.717) is 0 Å². The Balaban J connectivity index is 1.42. The molecule has 0 spiro atoms. The van der Waals surface area contributed by atoms with Crippen molar-refractivity contribution in [2.24, 2.45) is 0 Å². The second-order valence-electron chi connectivity index (χ2n) is 14.8. The van der Waals surface area contributed by atoms with E-state index in [1.807, 2.05) is 17.5 Å². The quantitative estimate of drug-likeness (QED) is 0.165. The van der Waals surface area contributed by atoms with Gasteiger partial charge in [0.2, 0.25) is 0 Å². The van der Waals surface area contributed by atoms with Gasteiger partial charge in [-0.3, -0.25) is 0 Å². The van der Waals surface area contributed by atoms with E-state index in [1.54, 1.807) is 8.79 Å². The van der Waals surface area contributed by atoms with Crippen molar-refractivity contribution in [1.82, 2.24) is 4.98 Å². The molecule has 4 heteroatoms. The normalized spacial score (nSPS) is 16.3. The summed E-state index contributed by atoms with van der Waals surface area (Å²) >= 11 is -1.95. The minimum atomic E-state index is -1.98. The zero-order valence-corrected chi connectivity index (χ0v) is 31.3.